The van der Waals surface area contributed by atoms with Gasteiger partial charge in [0.05, 0.1) is 51.4 Å². The molecule has 17 heavy (non-hydrogen) atoms. The van der Waals surface area contributed by atoms with Crippen molar-refractivity contribution >= 4 is 57.3 Å². The molecule has 2 nitrogen and oxygen atoms in total. The third kappa shape index (κ3) is 3.56. The van der Waals surface area contributed by atoms with E-state index in [1.54, 1.807) is 0 Å². The maximum Gasteiger partial charge on any atom is 0.130 e. The summed E-state index contributed by atoms with van der Waals surface area (Å²) in [5.74, 6) is 1.08. The Morgan fingerprint density at radius 1 is 1.18 bits per heavy atom. The average Bonchev–Trinajstić information content (AvgIpc) is 2.15. The summed E-state index contributed by atoms with van der Waals surface area (Å²) in [6.45, 7) is 10.8. The van der Waals surface area contributed by atoms with Crippen molar-refractivity contribution in [2.45, 2.75) is 34.6 Å². The van der Waals surface area contributed by atoms with E-state index in [9.17, 15) is 0 Å². The average molecular weight is 456 g/mol. The SMILES string of the molecule is Cc1cccc(C)c1N(I)C(=NI)C(C)(C)C. The van der Waals surface area contributed by atoms with Gasteiger partial charge in [0.2, 0.25) is 0 Å². The van der Waals surface area contributed by atoms with Crippen molar-refractivity contribution < 1.29 is 0 Å². The van der Waals surface area contributed by atoms with Crippen LogP contribution in [0.2, 0.25) is 0 Å². The molecule has 0 bridgehead atoms. The number of anilines is 1. The first-order valence-electron chi connectivity index (χ1n) is 5.50. The Balaban J connectivity index is 3.25. The smallest absolute Gasteiger partial charge is 0.130 e. The third-order valence-electron chi connectivity index (χ3n) is 2.57. The molecule has 0 saturated carbocycles. The minimum absolute atomic E-state index is 0.0388. The van der Waals surface area contributed by atoms with Crippen LogP contribution in [-0.2, 0) is 0 Å². The van der Waals surface area contributed by atoms with Gasteiger partial charge in [-0.15, -0.1) is 0 Å². The standard InChI is InChI=1S/C13H18I2N2/c1-9-7-6-8-10(2)11(9)17(15)12(16-14)13(3,4)5/h6-8H,1-5H3. The highest BCUT2D eigenvalue weighted by molar-refractivity contribution is 14.1. The van der Waals surface area contributed by atoms with Crippen molar-refractivity contribution in [1.29, 1.82) is 0 Å². The van der Waals surface area contributed by atoms with E-state index in [4.69, 9.17) is 0 Å². The minimum Gasteiger partial charge on any atom is -0.269 e. The fourth-order valence-corrected chi connectivity index (χ4v) is 4.62. The van der Waals surface area contributed by atoms with Crippen LogP contribution in [0, 0.1) is 19.3 Å². The second-order valence-corrected chi connectivity index (χ2v) is 6.63. The van der Waals surface area contributed by atoms with E-state index in [0.29, 0.717) is 0 Å². The second kappa shape index (κ2) is 5.86. The van der Waals surface area contributed by atoms with E-state index in [1.165, 1.54) is 16.8 Å². The van der Waals surface area contributed by atoms with Gasteiger partial charge in [-0.05, 0) is 25.0 Å². The lowest BCUT2D eigenvalue weighted by Crippen LogP contribution is -2.33. The number of rotatable bonds is 1. The van der Waals surface area contributed by atoms with Crippen molar-refractivity contribution in [2.24, 2.45) is 8.62 Å². The topological polar surface area (TPSA) is 15.6 Å². The van der Waals surface area contributed by atoms with Gasteiger partial charge >= 0.3 is 0 Å². The Morgan fingerprint density at radius 3 is 2.00 bits per heavy atom. The monoisotopic (exact) mass is 456 g/mol. The molecule has 4 heteroatoms. The summed E-state index contributed by atoms with van der Waals surface area (Å²) in [5, 5.41) is 0. The quantitative estimate of drug-likeness (QED) is 0.244. The highest BCUT2D eigenvalue weighted by Gasteiger charge is 2.26. The van der Waals surface area contributed by atoms with Crippen LogP contribution in [0.25, 0.3) is 0 Å². The first kappa shape index (κ1) is 15.2. The van der Waals surface area contributed by atoms with Gasteiger partial charge in [-0.25, -0.2) is 3.21 Å². The molecule has 1 aromatic carbocycles. The van der Waals surface area contributed by atoms with E-state index in [1.807, 2.05) is 0 Å². The first-order chi connectivity index (χ1) is 7.79. The molecule has 0 aliphatic rings. The number of para-hydroxylation sites is 1. The number of aryl methyl sites for hydroxylation is 2. The van der Waals surface area contributed by atoms with Crippen LogP contribution in [0.5, 0.6) is 0 Å². The molecule has 1 aromatic rings. The molecule has 0 amide bonds. The van der Waals surface area contributed by atoms with Gasteiger partial charge in [0.25, 0.3) is 0 Å². The van der Waals surface area contributed by atoms with E-state index in [-0.39, 0.29) is 5.41 Å². The first-order valence-corrected chi connectivity index (χ1v) is 7.43. The highest BCUT2D eigenvalue weighted by atomic mass is 127. The van der Waals surface area contributed by atoms with Gasteiger partial charge in [-0.2, -0.15) is 0 Å². The predicted molar refractivity (Wildman–Crippen MR) is 93.3 cm³/mol. The summed E-state index contributed by atoms with van der Waals surface area (Å²) < 4.78 is 6.60. The van der Waals surface area contributed by atoms with Crippen LogP contribution >= 0.6 is 45.7 Å². The van der Waals surface area contributed by atoms with Crippen LogP contribution in [0.15, 0.2) is 21.4 Å². The van der Waals surface area contributed by atoms with Gasteiger partial charge in [0, 0.05) is 5.41 Å². The molecule has 0 heterocycles. The fourth-order valence-electron chi connectivity index (χ4n) is 1.68. The van der Waals surface area contributed by atoms with Crippen LogP contribution in [0.1, 0.15) is 31.9 Å². The Bertz CT molecular complexity index is 413. The van der Waals surface area contributed by atoms with Crippen LogP contribution < -0.4 is 3.11 Å². The molecule has 0 spiro atoms. The Morgan fingerprint density at radius 2 is 1.65 bits per heavy atom. The van der Waals surface area contributed by atoms with Gasteiger partial charge in [-0.1, -0.05) is 39.0 Å². The summed E-state index contributed by atoms with van der Waals surface area (Å²) in [4.78, 5) is 0. The maximum absolute atomic E-state index is 4.42. The molecule has 0 aromatic heterocycles. The van der Waals surface area contributed by atoms with E-state index >= 15 is 0 Å². The molecule has 0 aliphatic carbocycles. The van der Waals surface area contributed by atoms with Crippen molar-refractivity contribution in [3.63, 3.8) is 0 Å². The lowest BCUT2D eigenvalue weighted by Gasteiger charge is -2.30. The highest BCUT2D eigenvalue weighted by Crippen LogP contribution is 2.33. The third-order valence-corrected chi connectivity index (χ3v) is 3.97. The van der Waals surface area contributed by atoms with Crippen LogP contribution in [-0.4, -0.2) is 5.84 Å². The molecule has 0 saturated heterocycles. The number of nitrogens with zero attached hydrogens (tertiary/aromatic N) is 2. The molecular weight excluding hydrogens is 438 g/mol. The van der Waals surface area contributed by atoms with Crippen molar-refractivity contribution in [2.75, 3.05) is 3.11 Å². The fraction of sp³-hybridized carbons (Fsp3) is 0.462. The Hall–Kier alpha value is 0.150. The number of halogens is 2. The molecule has 0 N–H and O–H groups in total. The number of hydrogen-bond acceptors (Lipinski definition) is 1. The van der Waals surface area contributed by atoms with Gasteiger partial charge < -0.3 is 0 Å². The normalized spacial score (nSPS) is 12.8. The van der Waals surface area contributed by atoms with E-state index in [0.717, 1.165) is 5.84 Å². The number of hydrogen-bond donors (Lipinski definition) is 0. The van der Waals surface area contributed by atoms with Gasteiger partial charge in [0.15, 0.2) is 0 Å². The molecule has 94 valence electrons. The zero-order chi connectivity index (χ0) is 13.2. The summed E-state index contributed by atoms with van der Waals surface area (Å²) in [6.07, 6.45) is 0. The predicted octanol–water partition coefficient (Wildman–Crippen LogP) is 5.25. The summed E-state index contributed by atoms with van der Waals surface area (Å²) >= 11 is 4.43. The Labute approximate surface area is 132 Å². The van der Waals surface area contributed by atoms with Crippen molar-refractivity contribution in [1.82, 2.24) is 0 Å². The van der Waals surface area contributed by atoms with Crippen LogP contribution in [0.3, 0.4) is 0 Å². The summed E-state index contributed by atoms with van der Waals surface area (Å²) in [7, 11) is 0. The largest absolute Gasteiger partial charge is 0.269 e. The summed E-state index contributed by atoms with van der Waals surface area (Å²) in [5.41, 5.74) is 3.85. The minimum atomic E-state index is 0.0388. The molecule has 1 rings (SSSR count). The van der Waals surface area contributed by atoms with Crippen LogP contribution in [0.4, 0.5) is 5.69 Å². The zero-order valence-corrected chi connectivity index (χ0v) is 15.2. The van der Waals surface area contributed by atoms with Gasteiger partial charge in [0.1, 0.15) is 5.84 Å². The maximum atomic E-state index is 4.42. The van der Waals surface area contributed by atoms with Crippen molar-refractivity contribution in [3.8, 4) is 0 Å². The molecule has 0 aliphatic heterocycles. The molecule has 0 unspecified atom stereocenters. The molecule has 0 fully saturated rings. The lowest BCUT2D eigenvalue weighted by atomic mass is 9.94. The number of amidine groups is 1. The molecular formula is C13H18I2N2. The van der Waals surface area contributed by atoms with Crippen molar-refractivity contribution in [3.05, 3.63) is 29.3 Å². The molecule has 0 atom stereocenters. The second-order valence-electron chi connectivity index (χ2n) is 5.18. The molecule has 0 radical (unpaired) electrons. The van der Waals surface area contributed by atoms with Gasteiger partial charge in [-0.3, -0.25) is 3.11 Å². The van der Waals surface area contributed by atoms with E-state index < -0.39 is 0 Å². The van der Waals surface area contributed by atoms with E-state index in [2.05, 4.69) is 105 Å². The Kier molecular flexibility index (Phi) is 5.24. The number of benzene rings is 1. The zero-order valence-electron chi connectivity index (χ0n) is 10.9. The lowest BCUT2D eigenvalue weighted by molar-refractivity contribution is 0.589. The summed E-state index contributed by atoms with van der Waals surface area (Å²) in [6, 6.07) is 6.37.